The third kappa shape index (κ3) is 5.52. The molecule has 1 aliphatic rings. The van der Waals surface area contributed by atoms with Crippen molar-refractivity contribution in [3.8, 4) is 11.3 Å². The van der Waals surface area contributed by atoms with Crippen LogP contribution in [0.4, 0.5) is 11.4 Å². The van der Waals surface area contributed by atoms with E-state index in [0.717, 1.165) is 16.9 Å². The summed E-state index contributed by atoms with van der Waals surface area (Å²) in [5.74, 6) is 0.697. The molecule has 2 aromatic carbocycles. The molecule has 10 heteroatoms. The molecule has 0 bridgehead atoms. The summed E-state index contributed by atoms with van der Waals surface area (Å²) in [6.45, 7) is -0.0258. The number of nitrogens with one attached hydrogen (secondary N) is 2. The van der Waals surface area contributed by atoms with E-state index >= 15 is 0 Å². The van der Waals surface area contributed by atoms with Crippen molar-refractivity contribution in [1.29, 1.82) is 0 Å². The number of anilines is 2. The van der Waals surface area contributed by atoms with Crippen LogP contribution in [0.5, 0.6) is 0 Å². The number of benzene rings is 2. The second kappa shape index (κ2) is 11.5. The number of aromatic nitrogens is 1. The van der Waals surface area contributed by atoms with Crippen LogP contribution in [0.25, 0.3) is 11.3 Å². The lowest BCUT2D eigenvalue weighted by Gasteiger charge is -2.26. The first-order chi connectivity index (χ1) is 19.0. The molecule has 2 aromatic heterocycles. The van der Waals surface area contributed by atoms with Crippen LogP contribution >= 0.6 is 12.2 Å². The summed E-state index contributed by atoms with van der Waals surface area (Å²) in [6.07, 6.45) is 1.74. The number of amides is 1. The van der Waals surface area contributed by atoms with Gasteiger partial charge in [-0.05, 0) is 72.9 Å². The quantitative estimate of drug-likeness (QED) is 0.238. The summed E-state index contributed by atoms with van der Waals surface area (Å²) in [5, 5.41) is 6.72. The van der Waals surface area contributed by atoms with Gasteiger partial charge in [0.1, 0.15) is 24.2 Å². The molecule has 2 N–H and O–H groups in total. The molecule has 2 atom stereocenters. The zero-order valence-corrected chi connectivity index (χ0v) is 22.1. The predicted molar refractivity (Wildman–Crippen MR) is 150 cm³/mol. The van der Waals surface area contributed by atoms with Crippen LogP contribution in [-0.2, 0) is 14.3 Å². The number of thiocarbonyl (C=S) groups is 1. The molecule has 0 radical (unpaired) electrons. The Hall–Kier alpha value is -4.54. The average Bonchev–Trinajstić information content (AvgIpc) is 3.58. The van der Waals surface area contributed by atoms with Gasteiger partial charge in [-0.2, -0.15) is 0 Å². The second-order valence-electron chi connectivity index (χ2n) is 8.80. The van der Waals surface area contributed by atoms with Crippen molar-refractivity contribution in [1.82, 2.24) is 10.3 Å². The molecule has 39 heavy (non-hydrogen) atoms. The molecule has 1 amide bonds. The Kier molecular flexibility index (Phi) is 7.67. The standard InChI is InChI=1S/C29H26N4O5S/c1-36-17-25(34)31-20-10-12-21(13-11-20)33-27(26(32-29(33)39)22-5-3-4-16-30-22)24-15-14-23(38-24)18-6-8-19(9-7-18)28(35)37-2/h3-16,26-27H,17H2,1-2H3,(H,31,34)(H,32,39)/t26-,27+/m0/s1. The normalized spacial score (nSPS) is 16.6. The van der Waals surface area contributed by atoms with Gasteiger partial charge in [0.25, 0.3) is 0 Å². The molecule has 4 aromatic rings. The largest absolute Gasteiger partial charge is 0.465 e. The van der Waals surface area contributed by atoms with Crippen LogP contribution in [0.3, 0.4) is 0 Å². The summed E-state index contributed by atoms with van der Waals surface area (Å²) >= 11 is 5.78. The van der Waals surface area contributed by atoms with Gasteiger partial charge in [-0.3, -0.25) is 9.78 Å². The molecule has 0 aliphatic carbocycles. The molecular formula is C29H26N4O5S. The summed E-state index contributed by atoms with van der Waals surface area (Å²) in [4.78, 5) is 30.3. The van der Waals surface area contributed by atoms with Crippen LogP contribution in [0.1, 0.15) is 33.9 Å². The number of carbonyl (C=O) groups excluding carboxylic acids is 2. The first-order valence-corrected chi connectivity index (χ1v) is 12.6. The van der Waals surface area contributed by atoms with E-state index in [1.54, 1.807) is 18.3 Å². The molecule has 9 nitrogen and oxygen atoms in total. The Balaban J connectivity index is 1.48. The summed E-state index contributed by atoms with van der Waals surface area (Å²) in [7, 11) is 2.82. The number of hydrogen-bond acceptors (Lipinski definition) is 7. The Morgan fingerprint density at radius 2 is 1.79 bits per heavy atom. The van der Waals surface area contributed by atoms with E-state index in [0.29, 0.717) is 27.9 Å². The Morgan fingerprint density at radius 3 is 2.46 bits per heavy atom. The third-order valence-corrected chi connectivity index (χ3v) is 6.63. The van der Waals surface area contributed by atoms with Gasteiger partial charge < -0.3 is 29.4 Å². The lowest BCUT2D eigenvalue weighted by molar-refractivity contribution is -0.119. The predicted octanol–water partition coefficient (Wildman–Crippen LogP) is 4.89. The SMILES string of the molecule is COCC(=O)Nc1ccc(N2C(=S)N[C@@H](c3ccccn3)[C@H]2c2ccc(-c3ccc(C(=O)OC)cc3)o2)cc1. The van der Waals surface area contributed by atoms with E-state index < -0.39 is 5.97 Å². The van der Waals surface area contributed by atoms with E-state index in [9.17, 15) is 9.59 Å². The minimum absolute atomic E-state index is 0.0258. The maximum Gasteiger partial charge on any atom is 0.337 e. The maximum absolute atomic E-state index is 11.9. The van der Waals surface area contributed by atoms with Crippen LogP contribution < -0.4 is 15.5 Å². The summed E-state index contributed by atoms with van der Waals surface area (Å²) < 4.78 is 16.1. The number of ether oxygens (including phenoxy) is 2. The minimum atomic E-state index is -0.398. The van der Waals surface area contributed by atoms with Gasteiger partial charge >= 0.3 is 5.97 Å². The molecule has 1 saturated heterocycles. The lowest BCUT2D eigenvalue weighted by atomic mass is 10.0. The highest BCUT2D eigenvalue weighted by molar-refractivity contribution is 7.80. The molecule has 0 spiro atoms. The lowest BCUT2D eigenvalue weighted by Crippen LogP contribution is -2.29. The molecule has 198 valence electrons. The van der Waals surface area contributed by atoms with Gasteiger partial charge in [-0.25, -0.2) is 4.79 Å². The topological polar surface area (TPSA) is 106 Å². The first kappa shape index (κ1) is 26.1. The van der Waals surface area contributed by atoms with E-state index in [2.05, 4.69) is 15.6 Å². The number of esters is 1. The molecule has 1 aliphatic heterocycles. The van der Waals surface area contributed by atoms with Crippen molar-refractivity contribution in [2.45, 2.75) is 12.1 Å². The molecular weight excluding hydrogens is 516 g/mol. The van der Waals surface area contributed by atoms with Crippen molar-refractivity contribution < 1.29 is 23.5 Å². The number of rotatable bonds is 8. The molecule has 0 saturated carbocycles. The van der Waals surface area contributed by atoms with Gasteiger partial charge in [0, 0.05) is 30.2 Å². The van der Waals surface area contributed by atoms with E-state index in [4.69, 9.17) is 26.1 Å². The van der Waals surface area contributed by atoms with Crippen LogP contribution in [0, 0.1) is 0 Å². The number of furan rings is 1. The van der Waals surface area contributed by atoms with Gasteiger partial charge in [0.2, 0.25) is 5.91 Å². The maximum atomic E-state index is 11.9. The van der Waals surface area contributed by atoms with Gasteiger partial charge in [0.15, 0.2) is 5.11 Å². The van der Waals surface area contributed by atoms with Crippen LogP contribution in [0.2, 0.25) is 0 Å². The Labute approximate surface area is 230 Å². The zero-order valence-electron chi connectivity index (χ0n) is 21.3. The number of hydrogen-bond donors (Lipinski definition) is 2. The number of nitrogens with zero attached hydrogens (tertiary/aromatic N) is 2. The highest BCUT2D eigenvalue weighted by Gasteiger charge is 2.42. The van der Waals surface area contributed by atoms with Crippen LogP contribution in [0.15, 0.2) is 89.5 Å². The van der Waals surface area contributed by atoms with Gasteiger partial charge in [-0.1, -0.05) is 18.2 Å². The Morgan fingerprint density at radius 1 is 1.03 bits per heavy atom. The highest BCUT2D eigenvalue weighted by Crippen LogP contribution is 2.43. The molecule has 1 fully saturated rings. The van der Waals surface area contributed by atoms with E-state index in [-0.39, 0.29) is 24.6 Å². The average molecular weight is 543 g/mol. The fourth-order valence-corrected chi connectivity index (χ4v) is 4.86. The summed E-state index contributed by atoms with van der Waals surface area (Å²) in [5.41, 5.74) is 3.56. The molecule has 3 heterocycles. The van der Waals surface area contributed by atoms with E-state index in [1.165, 1.54) is 14.2 Å². The minimum Gasteiger partial charge on any atom is -0.465 e. The number of pyridine rings is 1. The van der Waals surface area contributed by atoms with Crippen molar-refractivity contribution in [3.63, 3.8) is 0 Å². The summed E-state index contributed by atoms with van der Waals surface area (Å²) in [6, 6.07) is 23.4. The Bertz CT molecular complexity index is 1470. The van der Waals surface area contributed by atoms with Crippen molar-refractivity contribution in [2.75, 3.05) is 31.0 Å². The first-order valence-electron chi connectivity index (χ1n) is 12.2. The smallest absolute Gasteiger partial charge is 0.337 e. The van der Waals surface area contributed by atoms with Crippen molar-refractivity contribution in [3.05, 3.63) is 102 Å². The van der Waals surface area contributed by atoms with Crippen molar-refractivity contribution >= 4 is 40.6 Å². The fraction of sp³-hybridized carbons (Fsp3) is 0.172. The van der Waals surface area contributed by atoms with E-state index in [1.807, 2.05) is 71.6 Å². The number of carbonyl (C=O) groups is 2. The second-order valence-corrected chi connectivity index (χ2v) is 9.18. The van der Waals surface area contributed by atoms with Crippen LogP contribution in [-0.4, -0.2) is 42.8 Å². The third-order valence-electron chi connectivity index (χ3n) is 6.31. The molecule has 5 rings (SSSR count). The van der Waals surface area contributed by atoms with Gasteiger partial charge in [-0.15, -0.1) is 0 Å². The van der Waals surface area contributed by atoms with Gasteiger partial charge in [0.05, 0.1) is 24.4 Å². The highest BCUT2D eigenvalue weighted by atomic mass is 32.1. The number of methoxy groups -OCH3 is 2. The monoisotopic (exact) mass is 542 g/mol. The molecule has 0 unspecified atom stereocenters. The fourth-order valence-electron chi connectivity index (χ4n) is 4.51. The zero-order chi connectivity index (χ0) is 27.4. The van der Waals surface area contributed by atoms with Crippen molar-refractivity contribution in [2.24, 2.45) is 0 Å².